The Morgan fingerprint density at radius 1 is 1.12 bits per heavy atom. The molecule has 1 saturated heterocycles. The quantitative estimate of drug-likeness (QED) is 0.641. The Balaban J connectivity index is 1.55. The van der Waals surface area contributed by atoms with Crippen LogP contribution in [0.15, 0.2) is 23.2 Å². The largest absolute Gasteiger partial charge is 0.357 e. The van der Waals surface area contributed by atoms with Crippen molar-refractivity contribution in [3.05, 3.63) is 34.9 Å². The lowest BCUT2D eigenvalue weighted by molar-refractivity contribution is -0.128. The SMILES string of the molecule is CCNC(=NCc1ccc2c(c1)CCC2)NCC(=O)N1CCCC1. The van der Waals surface area contributed by atoms with Crippen molar-refractivity contribution >= 4 is 11.9 Å². The van der Waals surface area contributed by atoms with Gasteiger partial charge in [0.25, 0.3) is 0 Å². The topological polar surface area (TPSA) is 56.7 Å². The van der Waals surface area contributed by atoms with Crippen molar-refractivity contribution < 1.29 is 4.79 Å². The molecule has 0 unspecified atom stereocenters. The number of likely N-dealkylation sites (tertiary alicyclic amines) is 1. The lowest BCUT2D eigenvalue weighted by atomic mass is 10.1. The van der Waals surface area contributed by atoms with Gasteiger partial charge in [-0.3, -0.25) is 4.79 Å². The van der Waals surface area contributed by atoms with Crippen molar-refractivity contribution in [1.29, 1.82) is 0 Å². The van der Waals surface area contributed by atoms with Gasteiger partial charge in [0.2, 0.25) is 5.91 Å². The first-order chi connectivity index (χ1) is 11.8. The molecule has 1 aliphatic heterocycles. The van der Waals surface area contributed by atoms with Crippen molar-refractivity contribution in [2.45, 2.75) is 45.6 Å². The van der Waals surface area contributed by atoms with E-state index in [1.807, 2.05) is 11.8 Å². The van der Waals surface area contributed by atoms with Gasteiger partial charge in [0.15, 0.2) is 5.96 Å². The van der Waals surface area contributed by atoms with E-state index in [9.17, 15) is 4.79 Å². The second-order valence-corrected chi connectivity index (χ2v) is 6.59. The normalized spacial score (nSPS) is 17.0. The molecule has 2 N–H and O–H groups in total. The average Bonchev–Trinajstić information content (AvgIpc) is 3.27. The first kappa shape index (κ1) is 16.8. The maximum atomic E-state index is 12.1. The standard InChI is InChI=1S/C19H28N4O/c1-2-20-19(22-14-18(24)23-10-3-4-11-23)21-13-15-8-9-16-6-5-7-17(16)12-15/h8-9,12H,2-7,10-11,13-14H2,1H3,(H2,20,21,22). The minimum atomic E-state index is 0.163. The maximum Gasteiger partial charge on any atom is 0.241 e. The predicted octanol–water partition coefficient (Wildman–Crippen LogP) is 1.85. The van der Waals surface area contributed by atoms with Gasteiger partial charge in [-0.25, -0.2) is 4.99 Å². The summed E-state index contributed by atoms with van der Waals surface area (Å²) in [7, 11) is 0. The predicted molar refractivity (Wildman–Crippen MR) is 97.1 cm³/mol. The number of hydrogen-bond donors (Lipinski definition) is 2. The molecule has 1 aromatic rings. The first-order valence-electron chi connectivity index (χ1n) is 9.17. The van der Waals surface area contributed by atoms with Crippen molar-refractivity contribution in [2.24, 2.45) is 4.99 Å². The minimum Gasteiger partial charge on any atom is -0.357 e. The van der Waals surface area contributed by atoms with Crippen LogP contribution in [0.25, 0.3) is 0 Å². The molecule has 5 heteroatoms. The number of carbonyl (C=O) groups is 1. The van der Waals surface area contributed by atoms with E-state index in [0.717, 1.165) is 32.5 Å². The highest BCUT2D eigenvalue weighted by molar-refractivity contribution is 5.86. The van der Waals surface area contributed by atoms with Crippen LogP contribution in [0, 0.1) is 0 Å². The molecule has 1 amide bonds. The number of nitrogens with zero attached hydrogens (tertiary/aromatic N) is 2. The van der Waals surface area contributed by atoms with E-state index in [2.05, 4.69) is 33.8 Å². The van der Waals surface area contributed by atoms with Gasteiger partial charge in [-0.1, -0.05) is 18.2 Å². The third kappa shape index (κ3) is 4.28. The third-order valence-electron chi connectivity index (χ3n) is 4.79. The Labute approximate surface area is 144 Å². The number of fused-ring (bicyclic) bond motifs is 1. The number of benzene rings is 1. The second kappa shape index (κ2) is 8.18. The van der Waals surface area contributed by atoms with Crippen LogP contribution in [0.1, 0.15) is 42.9 Å². The molecule has 0 saturated carbocycles. The fourth-order valence-electron chi connectivity index (χ4n) is 3.47. The Morgan fingerprint density at radius 2 is 1.92 bits per heavy atom. The molecule has 3 rings (SSSR count). The average molecular weight is 328 g/mol. The van der Waals surface area contributed by atoms with Crippen molar-refractivity contribution in [3.63, 3.8) is 0 Å². The smallest absolute Gasteiger partial charge is 0.241 e. The van der Waals surface area contributed by atoms with Gasteiger partial charge >= 0.3 is 0 Å². The summed E-state index contributed by atoms with van der Waals surface area (Å²) in [6.07, 6.45) is 5.92. The minimum absolute atomic E-state index is 0.163. The fraction of sp³-hybridized carbons (Fsp3) is 0.579. The molecule has 130 valence electrons. The maximum absolute atomic E-state index is 12.1. The van der Waals surface area contributed by atoms with Crippen LogP contribution in [0.2, 0.25) is 0 Å². The number of nitrogens with one attached hydrogen (secondary N) is 2. The zero-order valence-corrected chi connectivity index (χ0v) is 14.6. The summed E-state index contributed by atoms with van der Waals surface area (Å²) in [5, 5.41) is 6.39. The molecule has 0 bridgehead atoms. The zero-order valence-electron chi connectivity index (χ0n) is 14.6. The van der Waals surface area contributed by atoms with Gasteiger partial charge in [0.1, 0.15) is 0 Å². The molecule has 0 aromatic heterocycles. The number of hydrogen-bond acceptors (Lipinski definition) is 2. The molecule has 5 nitrogen and oxygen atoms in total. The molecule has 1 heterocycles. The molecule has 24 heavy (non-hydrogen) atoms. The molecule has 0 spiro atoms. The van der Waals surface area contributed by atoms with Crippen LogP contribution in [0.4, 0.5) is 0 Å². The van der Waals surface area contributed by atoms with Gasteiger partial charge in [-0.2, -0.15) is 0 Å². The van der Waals surface area contributed by atoms with E-state index in [-0.39, 0.29) is 5.91 Å². The van der Waals surface area contributed by atoms with Gasteiger partial charge in [0, 0.05) is 19.6 Å². The van der Waals surface area contributed by atoms with E-state index < -0.39 is 0 Å². The van der Waals surface area contributed by atoms with Gasteiger partial charge in [0.05, 0.1) is 13.1 Å². The highest BCUT2D eigenvalue weighted by Crippen LogP contribution is 2.23. The van der Waals surface area contributed by atoms with E-state index in [1.165, 1.54) is 36.0 Å². The molecule has 0 radical (unpaired) electrons. The highest BCUT2D eigenvalue weighted by atomic mass is 16.2. The number of aryl methyl sites for hydroxylation is 2. The molecular weight excluding hydrogens is 300 g/mol. The summed E-state index contributed by atoms with van der Waals surface area (Å²) in [6.45, 7) is 5.56. The number of aliphatic imine (C=N–C) groups is 1. The zero-order chi connectivity index (χ0) is 16.8. The highest BCUT2D eigenvalue weighted by Gasteiger charge is 2.17. The lowest BCUT2D eigenvalue weighted by Gasteiger charge is -2.17. The molecule has 1 fully saturated rings. The van der Waals surface area contributed by atoms with E-state index >= 15 is 0 Å². The first-order valence-corrected chi connectivity index (χ1v) is 9.17. The Hall–Kier alpha value is -2.04. The monoisotopic (exact) mass is 328 g/mol. The van der Waals surface area contributed by atoms with Crippen molar-refractivity contribution in [1.82, 2.24) is 15.5 Å². The summed E-state index contributed by atoms with van der Waals surface area (Å²) in [5.74, 6) is 0.876. The number of rotatable bonds is 5. The number of amides is 1. The van der Waals surface area contributed by atoms with E-state index in [4.69, 9.17) is 0 Å². The lowest BCUT2D eigenvalue weighted by Crippen LogP contribution is -2.44. The summed E-state index contributed by atoms with van der Waals surface area (Å²) in [4.78, 5) is 18.7. The van der Waals surface area contributed by atoms with Gasteiger partial charge in [-0.15, -0.1) is 0 Å². The van der Waals surface area contributed by atoms with Crippen molar-refractivity contribution in [3.8, 4) is 0 Å². The van der Waals surface area contributed by atoms with Crippen LogP contribution in [0.3, 0.4) is 0 Å². The Kier molecular flexibility index (Phi) is 5.72. The summed E-state index contributed by atoms with van der Waals surface area (Å²) in [5.41, 5.74) is 4.20. The number of carbonyl (C=O) groups excluding carboxylic acids is 1. The molecule has 1 aliphatic carbocycles. The summed E-state index contributed by atoms with van der Waals surface area (Å²) in [6, 6.07) is 6.70. The van der Waals surface area contributed by atoms with E-state index in [1.54, 1.807) is 0 Å². The molecule has 0 atom stereocenters. The van der Waals surface area contributed by atoms with Gasteiger partial charge < -0.3 is 15.5 Å². The fourth-order valence-corrected chi connectivity index (χ4v) is 3.47. The summed E-state index contributed by atoms with van der Waals surface area (Å²) >= 11 is 0. The van der Waals surface area contributed by atoms with Crippen LogP contribution >= 0.6 is 0 Å². The number of guanidine groups is 1. The van der Waals surface area contributed by atoms with Crippen LogP contribution in [-0.2, 0) is 24.2 Å². The summed E-state index contributed by atoms with van der Waals surface area (Å²) < 4.78 is 0. The third-order valence-corrected chi connectivity index (χ3v) is 4.79. The molecule has 1 aromatic carbocycles. The Morgan fingerprint density at radius 3 is 2.71 bits per heavy atom. The van der Waals surface area contributed by atoms with Gasteiger partial charge in [-0.05, 0) is 55.7 Å². The Bertz CT molecular complexity index is 605. The van der Waals surface area contributed by atoms with Crippen LogP contribution in [0.5, 0.6) is 0 Å². The van der Waals surface area contributed by atoms with Crippen LogP contribution in [-0.4, -0.2) is 42.9 Å². The molecular formula is C19H28N4O. The van der Waals surface area contributed by atoms with Crippen LogP contribution < -0.4 is 10.6 Å². The molecule has 2 aliphatic rings. The van der Waals surface area contributed by atoms with E-state index in [0.29, 0.717) is 19.0 Å². The second-order valence-electron chi connectivity index (χ2n) is 6.59. The van der Waals surface area contributed by atoms with Crippen molar-refractivity contribution in [2.75, 3.05) is 26.2 Å².